The summed E-state index contributed by atoms with van der Waals surface area (Å²) in [7, 11) is 0. The van der Waals surface area contributed by atoms with Gasteiger partial charge in [-0.25, -0.2) is 14.5 Å². The normalized spacial score (nSPS) is 18.6. The van der Waals surface area contributed by atoms with E-state index in [4.69, 9.17) is 4.98 Å². The standard InChI is InChI=1S/C22H23FN6/c1-13-9-15(10-13)11-24-22-25-12-20-17(6-8-29(20)28-22)18-3-4-19-21(27-18)16(5-7-23)14(2)26-19/h3-4,6,8,12,15-16H,1,5,7,9-11H2,2H3,(H,24,28). The van der Waals surface area contributed by atoms with Crippen LogP contribution in [0.5, 0.6) is 0 Å². The maximum Gasteiger partial charge on any atom is 0.241 e. The number of pyridine rings is 1. The van der Waals surface area contributed by atoms with Gasteiger partial charge in [-0.15, -0.1) is 5.10 Å². The van der Waals surface area contributed by atoms with Gasteiger partial charge in [0.2, 0.25) is 5.95 Å². The third-order valence-electron chi connectivity index (χ3n) is 5.83. The molecule has 4 heterocycles. The second kappa shape index (κ2) is 7.06. The molecular formula is C22H23FN6. The third kappa shape index (κ3) is 3.20. The van der Waals surface area contributed by atoms with E-state index in [1.54, 1.807) is 0 Å². The molecule has 1 fully saturated rings. The first-order valence-electron chi connectivity index (χ1n) is 9.99. The third-order valence-corrected chi connectivity index (χ3v) is 5.83. The monoisotopic (exact) mass is 390 g/mol. The minimum absolute atomic E-state index is 0.0431. The number of rotatable bonds is 6. The maximum absolute atomic E-state index is 13.0. The summed E-state index contributed by atoms with van der Waals surface area (Å²) >= 11 is 0. The average Bonchev–Trinajstić information content (AvgIpc) is 3.25. The second-order valence-corrected chi connectivity index (χ2v) is 7.93. The Morgan fingerprint density at radius 1 is 1.28 bits per heavy atom. The van der Waals surface area contributed by atoms with Crippen LogP contribution in [0.4, 0.5) is 16.0 Å². The summed E-state index contributed by atoms with van der Waals surface area (Å²) in [6, 6.07) is 5.91. The Morgan fingerprint density at radius 3 is 2.93 bits per heavy atom. The van der Waals surface area contributed by atoms with Crippen molar-refractivity contribution in [1.29, 1.82) is 0 Å². The summed E-state index contributed by atoms with van der Waals surface area (Å²) < 4.78 is 14.8. The molecule has 2 aliphatic rings. The fourth-order valence-corrected chi connectivity index (χ4v) is 4.22. The van der Waals surface area contributed by atoms with Gasteiger partial charge in [0.15, 0.2) is 0 Å². The van der Waals surface area contributed by atoms with E-state index in [1.807, 2.05) is 42.0 Å². The van der Waals surface area contributed by atoms with Gasteiger partial charge in [0.25, 0.3) is 0 Å². The molecule has 1 unspecified atom stereocenters. The zero-order valence-electron chi connectivity index (χ0n) is 16.4. The van der Waals surface area contributed by atoms with E-state index in [0.29, 0.717) is 18.3 Å². The molecule has 0 bridgehead atoms. The zero-order valence-corrected chi connectivity index (χ0v) is 16.4. The van der Waals surface area contributed by atoms with Crippen molar-refractivity contribution >= 4 is 22.9 Å². The highest BCUT2D eigenvalue weighted by molar-refractivity contribution is 5.96. The highest BCUT2D eigenvalue weighted by atomic mass is 19.1. The highest BCUT2D eigenvalue weighted by Gasteiger charge is 2.26. The van der Waals surface area contributed by atoms with Crippen molar-refractivity contribution < 1.29 is 4.39 Å². The highest BCUT2D eigenvalue weighted by Crippen LogP contribution is 2.38. The quantitative estimate of drug-likeness (QED) is 0.619. The molecule has 0 spiro atoms. The Bertz CT molecular complexity index is 1120. The Labute approximate surface area is 168 Å². The van der Waals surface area contributed by atoms with Gasteiger partial charge in [-0.2, -0.15) is 0 Å². The van der Waals surface area contributed by atoms with E-state index in [9.17, 15) is 4.39 Å². The fraction of sp³-hybridized carbons (Fsp3) is 0.364. The van der Waals surface area contributed by atoms with Crippen LogP contribution in [0.1, 0.15) is 37.8 Å². The van der Waals surface area contributed by atoms with E-state index in [2.05, 4.69) is 27.0 Å². The van der Waals surface area contributed by atoms with Crippen LogP contribution in [0, 0.1) is 5.92 Å². The van der Waals surface area contributed by atoms with E-state index >= 15 is 0 Å². The molecule has 148 valence electrons. The number of aliphatic imine (C=N–C) groups is 1. The average molecular weight is 390 g/mol. The number of aromatic nitrogens is 4. The Morgan fingerprint density at radius 2 is 2.14 bits per heavy atom. The first-order chi connectivity index (χ1) is 14.1. The molecule has 1 N–H and O–H groups in total. The van der Waals surface area contributed by atoms with Crippen LogP contribution in [0.2, 0.25) is 0 Å². The molecule has 0 amide bonds. The van der Waals surface area contributed by atoms with Crippen molar-refractivity contribution in [2.75, 3.05) is 18.5 Å². The van der Waals surface area contributed by atoms with Gasteiger partial charge >= 0.3 is 0 Å². The molecular weight excluding hydrogens is 367 g/mol. The van der Waals surface area contributed by atoms with Gasteiger partial charge in [0.05, 0.1) is 35.5 Å². The van der Waals surface area contributed by atoms with Gasteiger partial charge in [-0.1, -0.05) is 12.2 Å². The lowest BCUT2D eigenvalue weighted by Crippen LogP contribution is -2.23. The summed E-state index contributed by atoms with van der Waals surface area (Å²) in [5.74, 6) is 1.20. The first kappa shape index (κ1) is 18.0. The van der Waals surface area contributed by atoms with Gasteiger partial charge < -0.3 is 5.32 Å². The van der Waals surface area contributed by atoms with Gasteiger partial charge in [-0.3, -0.25) is 9.38 Å². The van der Waals surface area contributed by atoms with Gasteiger partial charge in [0.1, 0.15) is 0 Å². The smallest absolute Gasteiger partial charge is 0.241 e. The largest absolute Gasteiger partial charge is 0.353 e. The van der Waals surface area contributed by atoms with Crippen molar-refractivity contribution in [1.82, 2.24) is 19.6 Å². The lowest BCUT2D eigenvalue weighted by atomic mass is 9.81. The van der Waals surface area contributed by atoms with Crippen molar-refractivity contribution in [3.63, 3.8) is 0 Å². The molecule has 6 nitrogen and oxygen atoms in total. The summed E-state index contributed by atoms with van der Waals surface area (Å²) in [6.07, 6.45) is 6.32. The van der Waals surface area contributed by atoms with Crippen LogP contribution in [-0.2, 0) is 0 Å². The minimum Gasteiger partial charge on any atom is -0.353 e. The number of nitrogens with zero attached hydrogens (tertiary/aromatic N) is 5. The van der Waals surface area contributed by atoms with E-state index in [-0.39, 0.29) is 12.6 Å². The van der Waals surface area contributed by atoms with Crippen LogP contribution in [-0.4, -0.2) is 38.5 Å². The summed E-state index contributed by atoms with van der Waals surface area (Å²) in [5.41, 5.74) is 6.62. The molecule has 0 radical (unpaired) electrons. The summed E-state index contributed by atoms with van der Waals surface area (Å²) in [4.78, 5) is 13.9. The Kier molecular flexibility index (Phi) is 4.38. The van der Waals surface area contributed by atoms with Gasteiger partial charge in [-0.05, 0) is 50.3 Å². The number of fused-ring (bicyclic) bond motifs is 2. The van der Waals surface area contributed by atoms with Crippen LogP contribution < -0.4 is 5.32 Å². The van der Waals surface area contributed by atoms with Gasteiger partial charge in [0, 0.05) is 29.9 Å². The predicted molar refractivity (Wildman–Crippen MR) is 113 cm³/mol. The number of hydrogen-bond acceptors (Lipinski definition) is 5. The predicted octanol–water partition coefficient (Wildman–Crippen LogP) is 4.72. The molecule has 7 heteroatoms. The lowest BCUT2D eigenvalue weighted by Gasteiger charge is -2.28. The van der Waals surface area contributed by atoms with Crippen LogP contribution >= 0.6 is 0 Å². The minimum atomic E-state index is -0.378. The van der Waals surface area contributed by atoms with Crippen LogP contribution in [0.15, 0.2) is 47.7 Å². The topological polar surface area (TPSA) is 67.5 Å². The van der Waals surface area contributed by atoms with Crippen LogP contribution in [0.3, 0.4) is 0 Å². The molecule has 1 atom stereocenters. The maximum atomic E-state index is 13.0. The van der Waals surface area contributed by atoms with Crippen molar-refractivity contribution in [3.05, 3.63) is 48.4 Å². The number of allylic oxidation sites excluding steroid dienone is 1. The number of alkyl halides is 1. The summed E-state index contributed by atoms with van der Waals surface area (Å²) in [6.45, 7) is 6.41. The zero-order chi connectivity index (χ0) is 20.0. The van der Waals surface area contributed by atoms with E-state index in [1.165, 1.54) is 5.57 Å². The molecule has 1 saturated carbocycles. The fourth-order valence-electron chi connectivity index (χ4n) is 4.22. The summed E-state index contributed by atoms with van der Waals surface area (Å²) in [5, 5.41) is 7.89. The Balaban J connectivity index is 1.40. The Hall–Kier alpha value is -3.09. The molecule has 1 aliphatic heterocycles. The lowest BCUT2D eigenvalue weighted by molar-refractivity contribution is 0.441. The molecule has 0 aromatic carbocycles. The molecule has 0 saturated heterocycles. The van der Waals surface area contributed by atoms with E-state index < -0.39 is 0 Å². The van der Waals surface area contributed by atoms with Crippen LogP contribution in [0.25, 0.3) is 16.8 Å². The number of nitrogens with one attached hydrogen (secondary N) is 1. The first-order valence-corrected chi connectivity index (χ1v) is 9.99. The molecule has 5 rings (SSSR count). The molecule has 1 aliphatic carbocycles. The van der Waals surface area contributed by atoms with Crippen molar-refractivity contribution in [2.24, 2.45) is 10.9 Å². The number of halogens is 1. The van der Waals surface area contributed by atoms with Crippen molar-refractivity contribution in [2.45, 2.75) is 32.1 Å². The SMILES string of the molecule is C=C1CC(CNc2ncc3c(-c4ccc5c(n4)C(CCF)C(C)=N5)ccn3n2)C1. The van der Waals surface area contributed by atoms with E-state index in [0.717, 1.165) is 53.3 Å². The molecule has 3 aromatic heterocycles. The van der Waals surface area contributed by atoms with Crippen molar-refractivity contribution in [3.8, 4) is 11.3 Å². The number of anilines is 1. The molecule has 29 heavy (non-hydrogen) atoms. The second-order valence-electron chi connectivity index (χ2n) is 7.93. The number of hydrogen-bond donors (Lipinski definition) is 1. The molecule has 3 aromatic rings.